The van der Waals surface area contributed by atoms with Crippen molar-refractivity contribution >= 4 is 5.91 Å². The van der Waals surface area contributed by atoms with E-state index in [1.807, 2.05) is 33.8 Å². The molecule has 154 valence electrons. The minimum atomic E-state index is -0.412. The van der Waals surface area contributed by atoms with Gasteiger partial charge in [0.1, 0.15) is 5.60 Å². The van der Waals surface area contributed by atoms with Gasteiger partial charge in [0.25, 0.3) is 5.91 Å². The van der Waals surface area contributed by atoms with Crippen molar-refractivity contribution in [3.8, 4) is 5.69 Å². The van der Waals surface area contributed by atoms with E-state index in [9.17, 15) is 4.79 Å². The highest BCUT2D eigenvalue weighted by Crippen LogP contribution is 2.42. The van der Waals surface area contributed by atoms with Gasteiger partial charge in [0, 0.05) is 31.3 Å². The fourth-order valence-electron chi connectivity index (χ4n) is 4.68. The standard InChI is InChI=1S/C23H24N4O3/c28-22(20-14-19(25-30-20)16-6-7-16)26-11-9-23(10-12-26)21-17(8-13-29-23)15-27(24-21)18-4-2-1-3-5-18/h1-5,14-16H,6-13H2. The molecule has 6 rings (SSSR count). The van der Waals surface area contributed by atoms with Gasteiger partial charge in [-0.05, 0) is 49.8 Å². The SMILES string of the molecule is O=C(c1cc(C2CC2)no1)N1CCC2(CC1)OCCc1cn(-c3ccccc3)nc12. The number of likely N-dealkylation sites (tertiary alicyclic amines) is 1. The molecule has 2 aromatic heterocycles. The van der Waals surface area contributed by atoms with Crippen LogP contribution >= 0.6 is 0 Å². The van der Waals surface area contributed by atoms with Gasteiger partial charge in [0.15, 0.2) is 0 Å². The Kier molecular flexibility index (Phi) is 4.06. The maximum Gasteiger partial charge on any atom is 0.292 e. The molecule has 7 nitrogen and oxygen atoms in total. The summed E-state index contributed by atoms with van der Waals surface area (Å²) in [6.07, 6.45) is 6.75. The lowest BCUT2D eigenvalue weighted by Crippen LogP contribution is -2.48. The van der Waals surface area contributed by atoms with Crippen LogP contribution in [0.3, 0.4) is 0 Å². The summed E-state index contributed by atoms with van der Waals surface area (Å²) in [6, 6.07) is 12.0. The first-order valence-electron chi connectivity index (χ1n) is 10.8. The smallest absolute Gasteiger partial charge is 0.292 e. The number of ether oxygens (including phenoxy) is 1. The molecule has 1 saturated carbocycles. The normalized spacial score (nSPS) is 20.3. The lowest BCUT2D eigenvalue weighted by Gasteiger charge is -2.42. The van der Waals surface area contributed by atoms with E-state index in [0.717, 1.165) is 49.2 Å². The number of hydrogen-bond acceptors (Lipinski definition) is 5. The van der Waals surface area contributed by atoms with Crippen molar-refractivity contribution < 1.29 is 14.1 Å². The maximum absolute atomic E-state index is 12.9. The first kappa shape index (κ1) is 17.9. The molecule has 1 amide bonds. The number of para-hydroxylation sites is 1. The number of rotatable bonds is 3. The molecule has 0 bridgehead atoms. The molecule has 0 radical (unpaired) electrons. The Hall–Kier alpha value is -2.93. The molecule has 2 aliphatic heterocycles. The quantitative estimate of drug-likeness (QED) is 0.669. The number of hydrogen-bond donors (Lipinski definition) is 0. The molecule has 3 aliphatic rings. The van der Waals surface area contributed by atoms with Crippen LogP contribution in [0.25, 0.3) is 5.69 Å². The Balaban J connectivity index is 1.21. The summed E-state index contributed by atoms with van der Waals surface area (Å²) in [5.74, 6) is 0.760. The van der Waals surface area contributed by atoms with Crippen LogP contribution in [-0.4, -0.2) is 45.4 Å². The van der Waals surface area contributed by atoms with E-state index >= 15 is 0 Å². The third-order valence-corrected chi connectivity index (χ3v) is 6.59. The zero-order valence-electron chi connectivity index (χ0n) is 16.8. The Labute approximate surface area is 174 Å². The van der Waals surface area contributed by atoms with Crippen LogP contribution in [0.15, 0.2) is 47.1 Å². The summed E-state index contributed by atoms with van der Waals surface area (Å²) >= 11 is 0. The van der Waals surface area contributed by atoms with Gasteiger partial charge in [-0.25, -0.2) is 4.68 Å². The van der Waals surface area contributed by atoms with Crippen LogP contribution in [-0.2, 0) is 16.8 Å². The van der Waals surface area contributed by atoms with Gasteiger partial charge in [-0.2, -0.15) is 5.10 Å². The fraction of sp³-hybridized carbons (Fsp3) is 0.435. The van der Waals surface area contributed by atoms with Crippen molar-refractivity contribution in [3.05, 3.63) is 65.3 Å². The van der Waals surface area contributed by atoms with E-state index < -0.39 is 5.60 Å². The van der Waals surface area contributed by atoms with Crippen molar-refractivity contribution in [2.75, 3.05) is 19.7 Å². The Morgan fingerprint density at radius 3 is 2.70 bits per heavy atom. The predicted octanol–water partition coefficient (Wildman–Crippen LogP) is 3.44. The molecule has 0 unspecified atom stereocenters. The largest absolute Gasteiger partial charge is 0.368 e. The molecule has 0 N–H and O–H groups in total. The average Bonchev–Trinajstić information content (AvgIpc) is 3.34. The van der Waals surface area contributed by atoms with E-state index in [1.165, 1.54) is 5.56 Å². The van der Waals surface area contributed by atoms with Crippen LogP contribution < -0.4 is 0 Å². The van der Waals surface area contributed by atoms with Gasteiger partial charge < -0.3 is 14.2 Å². The van der Waals surface area contributed by atoms with E-state index in [0.29, 0.717) is 31.4 Å². The second-order valence-corrected chi connectivity index (χ2v) is 8.56. The highest BCUT2D eigenvalue weighted by Gasteiger charge is 2.44. The molecule has 0 atom stereocenters. The van der Waals surface area contributed by atoms with Gasteiger partial charge >= 0.3 is 0 Å². The van der Waals surface area contributed by atoms with Gasteiger partial charge in [0.05, 0.1) is 23.7 Å². The van der Waals surface area contributed by atoms with Gasteiger partial charge in [0.2, 0.25) is 5.76 Å². The number of aromatic nitrogens is 3. The van der Waals surface area contributed by atoms with Crippen molar-refractivity contribution in [2.24, 2.45) is 0 Å². The van der Waals surface area contributed by atoms with Crippen LogP contribution in [0.2, 0.25) is 0 Å². The first-order chi connectivity index (χ1) is 14.7. The number of nitrogens with zero attached hydrogens (tertiary/aromatic N) is 4. The van der Waals surface area contributed by atoms with E-state index in [1.54, 1.807) is 0 Å². The van der Waals surface area contributed by atoms with E-state index in [-0.39, 0.29) is 5.91 Å². The van der Waals surface area contributed by atoms with Gasteiger partial charge in [-0.15, -0.1) is 0 Å². The Bertz CT molecular complexity index is 1080. The van der Waals surface area contributed by atoms with Crippen LogP contribution in [0, 0.1) is 0 Å². The molecule has 7 heteroatoms. The van der Waals surface area contributed by atoms with E-state index in [2.05, 4.69) is 23.5 Å². The van der Waals surface area contributed by atoms with Crippen molar-refractivity contribution in [3.63, 3.8) is 0 Å². The molecule has 30 heavy (non-hydrogen) atoms. The summed E-state index contributed by atoms with van der Waals surface area (Å²) in [4.78, 5) is 14.7. The zero-order valence-corrected chi connectivity index (χ0v) is 16.8. The number of carbonyl (C=O) groups excluding carboxylic acids is 1. The summed E-state index contributed by atoms with van der Waals surface area (Å²) in [5, 5.41) is 8.99. The van der Waals surface area contributed by atoms with Crippen molar-refractivity contribution in [1.29, 1.82) is 0 Å². The predicted molar refractivity (Wildman–Crippen MR) is 109 cm³/mol. The molecule has 3 aromatic rings. The average molecular weight is 404 g/mol. The number of benzene rings is 1. The Morgan fingerprint density at radius 1 is 1.13 bits per heavy atom. The lowest BCUT2D eigenvalue weighted by molar-refractivity contribution is -0.0965. The van der Waals surface area contributed by atoms with Gasteiger partial charge in [-0.3, -0.25) is 4.79 Å². The van der Waals surface area contributed by atoms with E-state index in [4.69, 9.17) is 14.4 Å². The minimum absolute atomic E-state index is 0.0740. The first-order valence-corrected chi connectivity index (χ1v) is 10.8. The third-order valence-electron chi connectivity index (χ3n) is 6.59. The highest BCUT2D eigenvalue weighted by atomic mass is 16.5. The molecule has 4 heterocycles. The topological polar surface area (TPSA) is 73.4 Å². The summed E-state index contributed by atoms with van der Waals surface area (Å²) in [7, 11) is 0. The molecule has 2 fully saturated rings. The third kappa shape index (κ3) is 2.96. The van der Waals surface area contributed by atoms with Crippen LogP contribution in [0.5, 0.6) is 0 Å². The summed E-state index contributed by atoms with van der Waals surface area (Å²) < 4.78 is 13.6. The second kappa shape index (κ2) is 6.80. The molecular formula is C23H24N4O3. The second-order valence-electron chi connectivity index (χ2n) is 8.56. The molecular weight excluding hydrogens is 380 g/mol. The molecule has 1 spiro atoms. The fourth-order valence-corrected chi connectivity index (χ4v) is 4.68. The number of fused-ring (bicyclic) bond motifs is 2. The molecule has 1 saturated heterocycles. The monoisotopic (exact) mass is 404 g/mol. The van der Waals surface area contributed by atoms with Crippen LogP contribution in [0.4, 0.5) is 0 Å². The minimum Gasteiger partial charge on any atom is -0.368 e. The summed E-state index contributed by atoms with van der Waals surface area (Å²) in [5.41, 5.74) is 3.82. The maximum atomic E-state index is 12.9. The van der Waals surface area contributed by atoms with Crippen molar-refractivity contribution in [2.45, 2.75) is 43.6 Å². The molecule has 1 aromatic carbocycles. The van der Waals surface area contributed by atoms with Crippen LogP contribution in [0.1, 0.15) is 59.1 Å². The van der Waals surface area contributed by atoms with Gasteiger partial charge in [-0.1, -0.05) is 23.4 Å². The number of carbonyl (C=O) groups is 1. The highest BCUT2D eigenvalue weighted by molar-refractivity contribution is 5.91. The van der Waals surface area contributed by atoms with Crippen molar-refractivity contribution in [1.82, 2.24) is 19.8 Å². The Morgan fingerprint density at radius 2 is 1.93 bits per heavy atom. The summed E-state index contributed by atoms with van der Waals surface area (Å²) in [6.45, 7) is 1.93. The number of amides is 1. The zero-order chi connectivity index (χ0) is 20.1. The molecule has 1 aliphatic carbocycles. The number of piperidine rings is 1. The lowest BCUT2D eigenvalue weighted by atomic mass is 9.83.